The molecule has 0 spiro atoms. The largest absolute Gasteiger partial charge is 0.384 e. The van der Waals surface area contributed by atoms with Crippen molar-refractivity contribution in [2.45, 2.75) is 20.3 Å². The van der Waals surface area contributed by atoms with Gasteiger partial charge in [-0.3, -0.25) is 4.79 Å². The molecule has 2 aromatic rings. The van der Waals surface area contributed by atoms with Crippen molar-refractivity contribution in [3.05, 3.63) is 58.8 Å². The third-order valence-electron chi connectivity index (χ3n) is 3.02. The summed E-state index contributed by atoms with van der Waals surface area (Å²) in [5.41, 5.74) is 9.39. The highest BCUT2D eigenvalue weighted by Gasteiger charge is 2.07. The van der Waals surface area contributed by atoms with Crippen LogP contribution in [0.3, 0.4) is 0 Å². The van der Waals surface area contributed by atoms with Gasteiger partial charge in [-0.1, -0.05) is 29.8 Å². The maximum Gasteiger partial charge on any atom is 0.251 e. The zero-order valence-electron chi connectivity index (χ0n) is 11.8. The molecule has 0 fully saturated rings. The van der Waals surface area contributed by atoms with Crippen molar-refractivity contribution >= 4 is 11.7 Å². The molecule has 3 N–H and O–H groups in total. The van der Waals surface area contributed by atoms with E-state index in [0.29, 0.717) is 17.9 Å². The third-order valence-corrected chi connectivity index (χ3v) is 3.02. The summed E-state index contributed by atoms with van der Waals surface area (Å²) < 4.78 is 0. The number of nitrogen functional groups attached to an aromatic ring is 1. The van der Waals surface area contributed by atoms with Crippen LogP contribution in [-0.2, 0) is 6.42 Å². The van der Waals surface area contributed by atoms with E-state index in [2.05, 4.69) is 35.4 Å². The number of pyridine rings is 1. The van der Waals surface area contributed by atoms with Gasteiger partial charge in [-0.25, -0.2) is 4.98 Å². The minimum Gasteiger partial charge on any atom is -0.384 e. The maximum atomic E-state index is 12.0. The minimum atomic E-state index is -0.116. The molecule has 0 saturated carbocycles. The van der Waals surface area contributed by atoms with Gasteiger partial charge in [0.2, 0.25) is 0 Å². The van der Waals surface area contributed by atoms with Gasteiger partial charge in [0.25, 0.3) is 5.91 Å². The Kier molecular flexibility index (Phi) is 4.35. The number of nitrogens with one attached hydrogen (secondary N) is 1. The van der Waals surface area contributed by atoms with Crippen LogP contribution in [0.2, 0.25) is 0 Å². The fraction of sp³-hybridized carbons (Fsp3) is 0.250. The van der Waals surface area contributed by atoms with E-state index in [1.165, 1.54) is 11.1 Å². The van der Waals surface area contributed by atoms with E-state index >= 15 is 0 Å². The van der Waals surface area contributed by atoms with E-state index in [-0.39, 0.29) is 5.91 Å². The van der Waals surface area contributed by atoms with Crippen LogP contribution < -0.4 is 11.1 Å². The molecule has 0 unspecified atom stereocenters. The lowest BCUT2D eigenvalue weighted by molar-refractivity contribution is 0.0954. The van der Waals surface area contributed by atoms with Crippen LogP contribution in [-0.4, -0.2) is 17.4 Å². The summed E-state index contributed by atoms with van der Waals surface area (Å²) in [5.74, 6) is 0.253. The molecule has 0 radical (unpaired) electrons. The normalized spacial score (nSPS) is 10.3. The number of nitrogens with zero attached hydrogens (tertiary/aromatic N) is 1. The molecule has 0 atom stereocenters. The number of aryl methyl sites for hydroxylation is 2. The molecule has 1 aromatic carbocycles. The van der Waals surface area contributed by atoms with Crippen molar-refractivity contribution in [3.63, 3.8) is 0 Å². The average molecular weight is 269 g/mol. The van der Waals surface area contributed by atoms with Gasteiger partial charge in [-0.05, 0) is 38.0 Å². The summed E-state index contributed by atoms with van der Waals surface area (Å²) >= 11 is 0. The summed E-state index contributed by atoms with van der Waals surface area (Å²) in [6.45, 7) is 4.48. The zero-order chi connectivity index (χ0) is 14.5. The Labute approximate surface area is 119 Å². The van der Waals surface area contributed by atoms with Gasteiger partial charge in [0.1, 0.15) is 5.82 Å². The second-order valence-corrected chi connectivity index (χ2v) is 4.92. The van der Waals surface area contributed by atoms with E-state index in [1.807, 2.05) is 13.0 Å². The van der Waals surface area contributed by atoms with Gasteiger partial charge in [0, 0.05) is 17.8 Å². The minimum absolute atomic E-state index is 0.116. The smallest absolute Gasteiger partial charge is 0.251 e. The van der Waals surface area contributed by atoms with Crippen LogP contribution >= 0.6 is 0 Å². The summed E-state index contributed by atoms with van der Waals surface area (Å²) in [5, 5.41) is 2.90. The first-order valence-corrected chi connectivity index (χ1v) is 6.62. The highest BCUT2D eigenvalue weighted by atomic mass is 16.1. The Morgan fingerprint density at radius 3 is 2.75 bits per heavy atom. The number of hydrogen-bond acceptors (Lipinski definition) is 3. The first-order chi connectivity index (χ1) is 9.54. The Balaban J connectivity index is 1.92. The van der Waals surface area contributed by atoms with E-state index in [9.17, 15) is 4.79 Å². The van der Waals surface area contributed by atoms with Gasteiger partial charge in [0.15, 0.2) is 0 Å². The highest BCUT2D eigenvalue weighted by molar-refractivity contribution is 5.94. The van der Waals surface area contributed by atoms with Crippen LogP contribution in [0.4, 0.5) is 5.82 Å². The summed E-state index contributed by atoms with van der Waals surface area (Å²) in [7, 11) is 0. The average Bonchev–Trinajstić information content (AvgIpc) is 2.37. The van der Waals surface area contributed by atoms with Crippen molar-refractivity contribution < 1.29 is 4.79 Å². The molecule has 1 amide bonds. The Bertz CT molecular complexity index is 603. The van der Waals surface area contributed by atoms with Crippen LogP contribution in [0.15, 0.2) is 36.4 Å². The number of benzene rings is 1. The standard InChI is InChI=1S/C16H19N3O/c1-11-4-3-5-13(8-11)6-7-18-16(20)14-9-12(2)19-15(17)10-14/h3-5,8-10H,6-7H2,1-2H3,(H2,17,19)(H,18,20). The number of carbonyl (C=O) groups excluding carboxylic acids is 1. The van der Waals surface area contributed by atoms with E-state index in [4.69, 9.17) is 5.73 Å². The van der Waals surface area contributed by atoms with Crippen molar-refractivity contribution in [1.82, 2.24) is 10.3 Å². The molecular weight excluding hydrogens is 250 g/mol. The zero-order valence-corrected chi connectivity index (χ0v) is 11.8. The topological polar surface area (TPSA) is 68.0 Å². The molecule has 104 valence electrons. The predicted octanol–water partition coefficient (Wildman–Crippen LogP) is 2.25. The van der Waals surface area contributed by atoms with Crippen molar-refractivity contribution in [3.8, 4) is 0 Å². The molecule has 1 aromatic heterocycles. The molecule has 4 heteroatoms. The van der Waals surface area contributed by atoms with Crippen LogP contribution in [0.25, 0.3) is 0 Å². The number of nitrogens with two attached hydrogens (primary N) is 1. The first-order valence-electron chi connectivity index (χ1n) is 6.62. The summed E-state index contributed by atoms with van der Waals surface area (Å²) in [4.78, 5) is 16.1. The van der Waals surface area contributed by atoms with Crippen LogP contribution in [0.1, 0.15) is 27.2 Å². The van der Waals surface area contributed by atoms with Crippen molar-refractivity contribution in [2.24, 2.45) is 0 Å². The van der Waals surface area contributed by atoms with E-state index < -0.39 is 0 Å². The maximum absolute atomic E-state index is 12.0. The second-order valence-electron chi connectivity index (χ2n) is 4.92. The van der Waals surface area contributed by atoms with E-state index in [1.54, 1.807) is 12.1 Å². The molecule has 0 aliphatic rings. The molecular formula is C16H19N3O. The number of anilines is 1. The Hall–Kier alpha value is -2.36. The van der Waals surface area contributed by atoms with Gasteiger partial charge in [0.05, 0.1) is 0 Å². The molecule has 0 aliphatic heterocycles. The van der Waals surface area contributed by atoms with Crippen LogP contribution in [0.5, 0.6) is 0 Å². The van der Waals surface area contributed by atoms with Crippen molar-refractivity contribution in [1.29, 1.82) is 0 Å². The highest BCUT2D eigenvalue weighted by Crippen LogP contribution is 2.07. The van der Waals surface area contributed by atoms with Gasteiger partial charge in [-0.2, -0.15) is 0 Å². The predicted molar refractivity (Wildman–Crippen MR) is 80.6 cm³/mol. The lowest BCUT2D eigenvalue weighted by Crippen LogP contribution is -2.26. The molecule has 0 bridgehead atoms. The second kappa shape index (κ2) is 6.19. The lowest BCUT2D eigenvalue weighted by atomic mass is 10.1. The van der Waals surface area contributed by atoms with Crippen molar-refractivity contribution in [2.75, 3.05) is 12.3 Å². The molecule has 0 saturated heterocycles. The Morgan fingerprint density at radius 1 is 1.25 bits per heavy atom. The number of carbonyl (C=O) groups is 1. The fourth-order valence-electron chi connectivity index (χ4n) is 2.12. The molecule has 4 nitrogen and oxygen atoms in total. The lowest BCUT2D eigenvalue weighted by Gasteiger charge is -2.07. The number of rotatable bonds is 4. The Morgan fingerprint density at radius 2 is 2.05 bits per heavy atom. The molecule has 0 aliphatic carbocycles. The fourth-order valence-corrected chi connectivity index (χ4v) is 2.12. The first kappa shape index (κ1) is 14.1. The van der Waals surface area contributed by atoms with Gasteiger partial charge >= 0.3 is 0 Å². The SMILES string of the molecule is Cc1cccc(CCNC(=O)c2cc(C)nc(N)c2)c1. The van der Waals surface area contributed by atoms with E-state index in [0.717, 1.165) is 12.1 Å². The molecule has 1 heterocycles. The van der Waals surface area contributed by atoms with Gasteiger partial charge < -0.3 is 11.1 Å². The number of aromatic nitrogens is 1. The van der Waals surface area contributed by atoms with Gasteiger partial charge in [-0.15, -0.1) is 0 Å². The summed E-state index contributed by atoms with van der Waals surface area (Å²) in [6, 6.07) is 11.6. The molecule has 20 heavy (non-hydrogen) atoms. The number of hydrogen-bond donors (Lipinski definition) is 2. The van der Waals surface area contributed by atoms with Crippen LogP contribution in [0, 0.1) is 13.8 Å². The number of amides is 1. The molecule has 2 rings (SSSR count). The third kappa shape index (κ3) is 3.82. The quantitative estimate of drug-likeness (QED) is 0.894. The summed E-state index contributed by atoms with van der Waals surface area (Å²) in [6.07, 6.45) is 0.812. The monoisotopic (exact) mass is 269 g/mol.